The van der Waals surface area contributed by atoms with Gasteiger partial charge in [-0.25, -0.2) is 23.7 Å². The molecule has 0 aliphatic carbocycles. The lowest BCUT2D eigenvalue weighted by Crippen LogP contribution is -2.34. The number of alkyl halides is 3. The van der Waals surface area contributed by atoms with Crippen molar-refractivity contribution in [3.63, 3.8) is 0 Å². The summed E-state index contributed by atoms with van der Waals surface area (Å²) < 4.78 is 83.7. The number of hydrogen-bond acceptors (Lipinski definition) is 9. The Labute approximate surface area is 273 Å². The molecule has 1 aromatic carbocycles. The molecule has 0 saturated carbocycles. The third kappa shape index (κ3) is 6.27. The van der Waals surface area contributed by atoms with Gasteiger partial charge in [-0.1, -0.05) is 11.6 Å². The Hall–Kier alpha value is -4.74. The second-order valence-electron chi connectivity index (χ2n) is 11.4. The lowest BCUT2D eigenvalue weighted by atomic mass is 10.0. The number of amides is 1. The van der Waals surface area contributed by atoms with Crippen LogP contribution in [0.2, 0.25) is 5.02 Å². The third-order valence-corrected chi connectivity index (χ3v) is 8.42. The number of nitrogens with zero attached hydrogens (tertiary/aromatic N) is 7. The van der Waals surface area contributed by atoms with Gasteiger partial charge in [0.15, 0.2) is 5.82 Å². The van der Waals surface area contributed by atoms with Crippen molar-refractivity contribution in [3.8, 4) is 17.4 Å². The lowest BCUT2D eigenvalue weighted by molar-refractivity contribution is -0.139. The molecule has 250 valence electrons. The Morgan fingerprint density at radius 2 is 1.92 bits per heavy atom. The van der Waals surface area contributed by atoms with Crippen molar-refractivity contribution in [2.45, 2.75) is 51.4 Å². The Morgan fingerprint density at radius 3 is 2.58 bits per heavy atom. The molecule has 0 bridgehead atoms. The van der Waals surface area contributed by atoms with E-state index in [1.54, 1.807) is 12.3 Å². The molecule has 0 unspecified atom stereocenters. The summed E-state index contributed by atoms with van der Waals surface area (Å²) >= 11 is 5.66. The van der Waals surface area contributed by atoms with Crippen molar-refractivity contribution in [1.29, 1.82) is 0 Å². The molecule has 4 aromatic heterocycles. The summed E-state index contributed by atoms with van der Waals surface area (Å²) in [6.07, 6.45) is -2.09. The van der Waals surface area contributed by atoms with Crippen LogP contribution in [0, 0.1) is 11.6 Å². The minimum absolute atomic E-state index is 0.0217. The van der Waals surface area contributed by atoms with Crippen LogP contribution in [0.15, 0.2) is 30.5 Å². The maximum absolute atomic E-state index is 14.3. The molecule has 1 saturated heterocycles. The Bertz CT molecular complexity index is 2020. The summed E-state index contributed by atoms with van der Waals surface area (Å²) in [6, 6.07) is 4.36. The number of ether oxygens (including phenoxy) is 2. The van der Waals surface area contributed by atoms with E-state index in [0.717, 1.165) is 30.1 Å². The number of H-pyrrole nitrogens is 1. The number of rotatable bonds is 9. The highest BCUT2D eigenvalue weighted by atomic mass is 35.5. The number of primary amides is 1. The molecule has 5 aromatic rings. The van der Waals surface area contributed by atoms with Crippen LogP contribution in [-0.2, 0) is 43.6 Å². The van der Waals surface area contributed by atoms with Crippen LogP contribution < -0.4 is 10.5 Å². The van der Waals surface area contributed by atoms with Gasteiger partial charge in [-0.15, -0.1) is 0 Å². The molecule has 1 atom stereocenters. The summed E-state index contributed by atoms with van der Waals surface area (Å²) in [5, 5.41) is 6.28. The zero-order chi connectivity index (χ0) is 33.7. The zero-order valence-electron chi connectivity index (χ0n) is 24.8. The van der Waals surface area contributed by atoms with Gasteiger partial charge in [0.1, 0.15) is 35.3 Å². The topological polar surface area (TPSA) is 150 Å². The van der Waals surface area contributed by atoms with E-state index in [1.165, 1.54) is 0 Å². The van der Waals surface area contributed by atoms with Crippen LogP contribution in [0.3, 0.4) is 0 Å². The molecule has 2 aliphatic heterocycles. The first kappa shape index (κ1) is 31.8. The number of aromatic nitrogens is 7. The van der Waals surface area contributed by atoms with E-state index in [-0.39, 0.29) is 35.7 Å². The minimum Gasteiger partial charge on any atom is -0.472 e. The van der Waals surface area contributed by atoms with Crippen molar-refractivity contribution in [1.82, 2.24) is 39.6 Å². The van der Waals surface area contributed by atoms with Crippen LogP contribution in [0.4, 0.5) is 22.0 Å². The van der Waals surface area contributed by atoms with Gasteiger partial charge in [0, 0.05) is 24.7 Å². The van der Waals surface area contributed by atoms with Crippen molar-refractivity contribution < 1.29 is 36.2 Å². The van der Waals surface area contributed by atoms with Gasteiger partial charge in [-0.3, -0.25) is 19.8 Å². The molecule has 18 heteroatoms. The summed E-state index contributed by atoms with van der Waals surface area (Å²) in [7, 11) is 0. The van der Waals surface area contributed by atoms with E-state index >= 15 is 0 Å². The largest absolute Gasteiger partial charge is 0.472 e. The maximum Gasteiger partial charge on any atom is 0.421 e. The van der Waals surface area contributed by atoms with Crippen LogP contribution in [-0.4, -0.2) is 64.8 Å². The highest BCUT2D eigenvalue weighted by Crippen LogP contribution is 2.38. The zero-order valence-corrected chi connectivity index (χ0v) is 25.6. The standard InChI is InChI=1S/C30H25ClF5N9O3/c31-15-6-19(32)17(20(33)7-15)13-48-29-18(30(34,35)36)5-14-1-3-44(11-23(14)40-29)12-25-39-21-8-22(27-41-28(26(37)46)43-42-27)38-9-24(21)45(25)10-16-2-4-47-16/h5-9,16H,1-4,10-13H2,(H2,37,46)(H,41,42,43)/t16-/m0/s1. The average molecular weight is 690 g/mol. The van der Waals surface area contributed by atoms with Crippen LogP contribution >= 0.6 is 11.6 Å². The summed E-state index contributed by atoms with van der Waals surface area (Å²) in [4.78, 5) is 31.0. The summed E-state index contributed by atoms with van der Waals surface area (Å²) in [5.74, 6) is -2.93. The Balaban J connectivity index is 1.16. The highest BCUT2D eigenvalue weighted by molar-refractivity contribution is 6.30. The Kier molecular flexibility index (Phi) is 8.21. The molecule has 3 N–H and O–H groups in total. The van der Waals surface area contributed by atoms with E-state index in [4.69, 9.17) is 31.8 Å². The van der Waals surface area contributed by atoms with Crippen molar-refractivity contribution in [2.75, 3.05) is 13.2 Å². The molecule has 2 aliphatic rings. The second-order valence-corrected chi connectivity index (χ2v) is 11.8. The number of benzene rings is 1. The van der Waals surface area contributed by atoms with Gasteiger partial charge in [0.2, 0.25) is 11.7 Å². The molecule has 6 heterocycles. The van der Waals surface area contributed by atoms with Gasteiger partial charge in [0.05, 0.1) is 47.7 Å². The average Bonchev–Trinajstić information content (AvgIpc) is 3.62. The SMILES string of the molecule is NC(=O)c1nc(-c2cc3nc(CN4CCc5cc(C(F)(F)F)c(OCc6c(F)cc(Cl)cc6F)nc5C4)n(C[C@@H]4CCO4)c3cn2)n[nH]1. The predicted octanol–water partition coefficient (Wildman–Crippen LogP) is 4.59. The number of nitrogens with two attached hydrogens (primary N) is 1. The van der Waals surface area contributed by atoms with Gasteiger partial charge < -0.3 is 19.8 Å². The monoisotopic (exact) mass is 689 g/mol. The summed E-state index contributed by atoms with van der Waals surface area (Å²) in [6.45, 7) is 1.21. The van der Waals surface area contributed by atoms with Crippen LogP contribution in [0.25, 0.3) is 22.6 Å². The number of carbonyl (C=O) groups is 1. The fourth-order valence-electron chi connectivity index (χ4n) is 5.63. The number of pyridine rings is 2. The third-order valence-electron chi connectivity index (χ3n) is 8.20. The van der Waals surface area contributed by atoms with Gasteiger partial charge >= 0.3 is 6.18 Å². The van der Waals surface area contributed by atoms with E-state index in [2.05, 4.69) is 25.1 Å². The first-order valence-corrected chi connectivity index (χ1v) is 15.1. The molecule has 7 rings (SSSR count). The second kappa shape index (κ2) is 12.4. The fourth-order valence-corrected chi connectivity index (χ4v) is 5.83. The van der Waals surface area contributed by atoms with Crippen molar-refractivity contribution in [2.24, 2.45) is 5.73 Å². The molecule has 48 heavy (non-hydrogen) atoms. The number of halogens is 6. The first-order valence-electron chi connectivity index (χ1n) is 14.7. The van der Waals surface area contributed by atoms with Gasteiger partial charge in [-0.05, 0) is 42.7 Å². The fraction of sp³-hybridized carbons (Fsp3) is 0.333. The number of aromatic amines is 1. The molecule has 1 fully saturated rings. The number of carbonyl (C=O) groups excluding carboxylic acids is 1. The van der Waals surface area contributed by atoms with E-state index in [1.807, 2.05) is 9.47 Å². The smallest absolute Gasteiger partial charge is 0.421 e. The van der Waals surface area contributed by atoms with E-state index in [9.17, 15) is 26.7 Å². The normalized spacial score (nSPS) is 16.6. The number of hydrogen-bond donors (Lipinski definition) is 2. The quantitative estimate of drug-likeness (QED) is 0.212. The van der Waals surface area contributed by atoms with Crippen molar-refractivity contribution >= 4 is 28.5 Å². The predicted molar refractivity (Wildman–Crippen MR) is 159 cm³/mol. The molecular formula is C30H25ClF5N9O3. The number of fused-ring (bicyclic) bond motifs is 2. The molecular weight excluding hydrogens is 665 g/mol. The number of nitrogens with one attached hydrogen (secondary N) is 1. The first-order chi connectivity index (χ1) is 22.9. The summed E-state index contributed by atoms with van der Waals surface area (Å²) in [5.41, 5.74) is 5.97. The molecule has 1 amide bonds. The van der Waals surface area contributed by atoms with Crippen molar-refractivity contribution in [3.05, 3.63) is 81.2 Å². The molecule has 0 spiro atoms. The highest BCUT2D eigenvalue weighted by Gasteiger charge is 2.37. The Morgan fingerprint density at radius 1 is 1.15 bits per heavy atom. The van der Waals surface area contributed by atoms with Crippen LogP contribution in [0.1, 0.15) is 45.2 Å². The van der Waals surface area contributed by atoms with Crippen LogP contribution in [0.5, 0.6) is 5.88 Å². The van der Waals surface area contributed by atoms with Gasteiger partial charge in [0.25, 0.3) is 5.91 Å². The maximum atomic E-state index is 14.3. The molecule has 12 nitrogen and oxygen atoms in total. The minimum atomic E-state index is -4.82. The van der Waals surface area contributed by atoms with E-state index < -0.39 is 47.3 Å². The number of imidazole rings is 1. The lowest BCUT2D eigenvalue weighted by Gasteiger charge is -2.30. The van der Waals surface area contributed by atoms with E-state index in [0.29, 0.717) is 54.5 Å². The molecule has 0 radical (unpaired) electrons. The van der Waals surface area contributed by atoms with Gasteiger partial charge in [-0.2, -0.15) is 18.3 Å².